The number of rotatable bonds is 6. The minimum Gasteiger partial charge on any atom is -0.329 e. The quantitative estimate of drug-likeness (QED) is 0.663. The van der Waals surface area contributed by atoms with Gasteiger partial charge >= 0.3 is 0 Å². The van der Waals surface area contributed by atoms with E-state index in [1.54, 1.807) is 17.0 Å². The highest BCUT2D eigenvalue weighted by molar-refractivity contribution is 6.01. The van der Waals surface area contributed by atoms with Crippen LogP contribution in [0, 0.1) is 11.7 Å². The number of nitrogens with zero attached hydrogens (tertiary/aromatic N) is 3. The predicted molar refractivity (Wildman–Crippen MR) is 126 cm³/mol. The van der Waals surface area contributed by atoms with Crippen LogP contribution in [0.1, 0.15) is 50.5 Å². The normalized spacial score (nSPS) is 14.2. The van der Waals surface area contributed by atoms with Crippen LogP contribution in [0.4, 0.5) is 10.1 Å². The average Bonchev–Trinajstić information content (AvgIpc) is 3.14. The van der Waals surface area contributed by atoms with Crippen molar-refractivity contribution in [1.82, 2.24) is 9.80 Å². The van der Waals surface area contributed by atoms with Crippen molar-refractivity contribution in [2.24, 2.45) is 5.92 Å². The minimum absolute atomic E-state index is 0.0200. The summed E-state index contributed by atoms with van der Waals surface area (Å²) in [7, 11) is 0. The van der Waals surface area contributed by atoms with Crippen molar-refractivity contribution in [2.75, 3.05) is 31.2 Å². The van der Waals surface area contributed by atoms with Crippen molar-refractivity contribution in [1.29, 1.82) is 0 Å². The molecular formula is C26H32FN3O3. The fraction of sp³-hybridized carbons (Fsp3) is 0.423. The molecule has 6 nitrogen and oxygen atoms in total. The van der Waals surface area contributed by atoms with Gasteiger partial charge in [0.15, 0.2) is 0 Å². The molecule has 3 amide bonds. The summed E-state index contributed by atoms with van der Waals surface area (Å²) in [6, 6.07) is 13.1. The molecule has 0 bridgehead atoms. The van der Waals surface area contributed by atoms with Crippen molar-refractivity contribution in [3.8, 4) is 0 Å². The Morgan fingerprint density at radius 1 is 1.03 bits per heavy atom. The van der Waals surface area contributed by atoms with Gasteiger partial charge in [-0.15, -0.1) is 0 Å². The molecule has 0 aliphatic carbocycles. The van der Waals surface area contributed by atoms with E-state index in [1.165, 1.54) is 34.1 Å². The molecule has 2 aromatic rings. The Bertz CT molecular complexity index is 1010. The van der Waals surface area contributed by atoms with E-state index < -0.39 is 5.82 Å². The maximum atomic E-state index is 13.2. The van der Waals surface area contributed by atoms with Gasteiger partial charge in [-0.05, 0) is 53.3 Å². The van der Waals surface area contributed by atoms with Crippen LogP contribution in [-0.2, 0) is 15.0 Å². The maximum absolute atomic E-state index is 13.2. The molecule has 1 aliphatic rings. The van der Waals surface area contributed by atoms with Gasteiger partial charge < -0.3 is 9.80 Å². The van der Waals surface area contributed by atoms with Crippen molar-refractivity contribution in [3.05, 3.63) is 65.5 Å². The van der Waals surface area contributed by atoms with E-state index in [2.05, 4.69) is 20.8 Å². The lowest BCUT2D eigenvalue weighted by Gasteiger charge is -2.27. The Morgan fingerprint density at radius 2 is 1.64 bits per heavy atom. The number of carbonyl (C=O) groups is 3. The van der Waals surface area contributed by atoms with Gasteiger partial charge in [-0.25, -0.2) is 4.39 Å². The lowest BCUT2D eigenvalue weighted by Crippen LogP contribution is -2.44. The zero-order valence-corrected chi connectivity index (χ0v) is 20.0. The highest BCUT2D eigenvalue weighted by Gasteiger charge is 2.33. The third-order valence-electron chi connectivity index (χ3n) is 5.63. The molecule has 2 aromatic carbocycles. The summed E-state index contributed by atoms with van der Waals surface area (Å²) in [4.78, 5) is 43.1. The third kappa shape index (κ3) is 5.97. The van der Waals surface area contributed by atoms with E-state index in [1.807, 2.05) is 26.0 Å². The summed E-state index contributed by atoms with van der Waals surface area (Å²) in [6.07, 6.45) is 0. The molecule has 3 rings (SSSR count). The molecule has 0 atom stereocenters. The summed E-state index contributed by atoms with van der Waals surface area (Å²) in [5.74, 6) is -0.968. The molecule has 1 fully saturated rings. The number of benzene rings is 2. The van der Waals surface area contributed by atoms with Gasteiger partial charge in [0.25, 0.3) is 5.91 Å². The maximum Gasteiger partial charge on any atom is 0.254 e. The molecular weight excluding hydrogens is 421 g/mol. The van der Waals surface area contributed by atoms with E-state index in [9.17, 15) is 18.8 Å². The lowest BCUT2D eigenvalue weighted by molar-refractivity contribution is -0.132. The molecule has 1 saturated heterocycles. The number of hydrogen-bond acceptors (Lipinski definition) is 3. The molecule has 0 saturated carbocycles. The topological polar surface area (TPSA) is 60.9 Å². The highest BCUT2D eigenvalue weighted by Crippen LogP contribution is 2.23. The largest absolute Gasteiger partial charge is 0.329 e. The lowest BCUT2D eigenvalue weighted by atomic mass is 9.86. The molecule has 176 valence electrons. The van der Waals surface area contributed by atoms with Crippen molar-refractivity contribution >= 4 is 23.4 Å². The number of amides is 3. The molecule has 7 heteroatoms. The Labute approximate surface area is 195 Å². The van der Waals surface area contributed by atoms with Gasteiger partial charge in [0.05, 0.1) is 0 Å². The van der Waals surface area contributed by atoms with Gasteiger partial charge in [0, 0.05) is 17.8 Å². The first-order valence-electron chi connectivity index (χ1n) is 11.2. The molecule has 1 aliphatic heterocycles. The molecule has 33 heavy (non-hydrogen) atoms. The first-order valence-corrected chi connectivity index (χ1v) is 11.2. The van der Waals surface area contributed by atoms with Crippen LogP contribution in [0.5, 0.6) is 0 Å². The van der Waals surface area contributed by atoms with Crippen molar-refractivity contribution in [3.63, 3.8) is 0 Å². The van der Waals surface area contributed by atoms with Gasteiger partial charge in [-0.3, -0.25) is 19.3 Å². The average molecular weight is 454 g/mol. The fourth-order valence-electron chi connectivity index (χ4n) is 3.78. The van der Waals surface area contributed by atoms with Crippen molar-refractivity contribution < 1.29 is 18.8 Å². The summed E-state index contributed by atoms with van der Waals surface area (Å²) in [5, 5.41) is 0. The zero-order chi connectivity index (χ0) is 24.3. The van der Waals surface area contributed by atoms with E-state index in [-0.39, 0.29) is 48.8 Å². The van der Waals surface area contributed by atoms with Crippen LogP contribution in [0.2, 0.25) is 0 Å². The number of carbonyl (C=O) groups excluding carboxylic acids is 3. The fourth-order valence-corrected chi connectivity index (χ4v) is 3.78. The second-order valence-electron chi connectivity index (χ2n) is 9.94. The second kappa shape index (κ2) is 9.73. The second-order valence-corrected chi connectivity index (χ2v) is 9.94. The number of halogens is 1. The highest BCUT2D eigenvalue weighted by atomic mass is 19.1. The Hall–Kier alpha value is -3.22. The van der Waals surface area contributed by atoms with E-state index in [0.717, 1.165) is 5.56 Å². The zero-order valence-electron chi connectivity index (χ0n) is 20.0. The van der Waals surface area contributed by atoms with E-state index in [0.29, 0.717) is 17.8 Å². The third-order valence-corrected chi connectivity index (χ3v) is 5.63. The molecule has 1 heterocycles. The van der Waals surface area contributed by atoms with E-state index in [4.69, 9.17) is 0 Å². The van der Waals surface area contributed by atoms with Crippen LogP contribution in [-0.4, -0.2) is 53.8 Å². The number of hydrogen-bond donors (Lipinski definition) is 0. The van der Waals surface area contributed by atoms with Gasteiger partial charge in [-0.2, -0.15) is 0 Å². The Morgan fingerprint density at radius 3 is 2.18 bits per heavy atom. The molecule has 0 aromatic heterocycles. The van der Waals surface area contributed by atoms with Crippen molar-refractivity contribution in [2.45, 2.75) is 40.0 Å². The predicted octanol–water partition coefficient (Wildman–Crippen LogP) is 4.05. The van der Waals surface area contributed by atoms with E-state index >= 15 is 0 Å². The van der Waals surface area contributed by atoms with Crippen LogP contribution in [0.3, 0.4) is 0 Å². The SMILES string of the molecule is CC(C)CN(CC(=O)N1CC(=O)N(c2ccc(F)cc2)C1)C(=O)c1ccc(C(C)(C)C)cc1. The monoisotopic (exact) mass is 453 g/mol. The summed E-state index contributed by atoms with van der Waals surface area (Å²) in [5.41, 5.74) is 2.17. The van der Waals surface area contributed by atoms with Crippen LogP contribution < -0.4 is 4.90 Å². The van der Waals surface area contributed by atoms with Gasteiger partial charge in [0.1, 0.15) is 25.6 Å². The number of anilines is 1. The Kier molecular flexibility index (Phi) is 7.20. The molecule has 0 unspecified atom stereocenters. The standard InChI is InChI=1S/C26H32FN3O3/c1-18(2)14-28(25(33)19-6-8-20(9-7-19)26(3,4)5)15-23(31)29-16-24(32)30(17-29)22-12-10-21(27)11-13-22/h6-13,18H,14-17H2,1-5H3. The Balaban J connectivity index is 1.72. The minimum atomic E-state index is -0.392. The van der Waals surface area contributed by atoms with Crippen LogP contribution >= 0.6 is 0 Å². The van der Waals surface area contributed by atoms with Gasteiger partial charge in [0.2, 0.25) is 11.8 Å². The first kappa shape index (κ1) is 24.4. The summed E-state index contributed by atoms with van der Waals surface area (Å²) < 4.78 is 13.2. The first-order chi connectivity index (χ1) is 15.5. The van der Waals surface area contributed by atoms with Crippen LogP contribution in [0.15, 0.2) is 48.5 Å². The smallest absolute Gasteiger partial charge is 0.254 e. The molecule has 0 radical (unpaired) electrons. The summed E-state index contributed by atoms with van der Waals surface area (Å²) >= 11 is 0. The van der Waals surface area contributed by atoms with Crippen LogP contribution in [0.25, 0.3) is 0 Å². The molecule has 0 N–H and O–H groups in total. The van der Waals surface area contributed by atoms with Gasteiger partial charge in [-0.1, -0.05) is 46.8 Å². The molecule has 0 spiro atoms. The summed E-state index contributed by atoms with van der Waals surface area (Å²) in [6.45, 7) is 10.6.